The van der Waals surface area contributed by atoms with E-state index in [1.54, 1.807) is 0 Å². The molecule has 8 rings (SSSR count). The largest absolute Gasteiger partial charge is 0.512 e. The molecular weight excluding hydrogens is 805 g/mol. The van der Waals surface area contributed by atoms with Gasteiger partial charge in [-0.05, 0) is 96.7 Å². The third kappa shape index (κ3) is 6.69. The average molecular weight is 856 g/mol. The zero-order chi connectivity index (χ0) is 35.2. The molecule has 0 aliphatic heterocycles. The summed E-state index contributed by atoms with van der Waals surface area (Å²) in [5.41, 5.74) is 6.88. The van der Waals surface area contributed by atoms with Gasteiger partial charge in [0.15, 0.2) is 5.78 Å². The molecule has 0 unspecified atom stereocenters. The number of aromatic nitrogens is 2. The van der Waals surface area contributed by atoms with Gasteiger partial charge in [-0.15, -0.1) is 17.5 Å². The first-order chi connectivity index (χ1) is 24.2. The van der Waals surface area contributed by atoms with Gasteiger partial charge in [0.25, 0.3) is 0 Å². The number of ketones is 1. The summed E-state index contributed by atoms with van der Waals surface area (Å²) in [6, 6.07) is 28.3. The van der Waals surface area contributed by atoms with E-state index in [0.717, 1.165) is 42.0 Å². The normalized spacial score (nSPS) is 15.4. The molecule has 1 aliphatic rings. The summed E-state index contributed by atoms with van der Waals surface area (Å²) in [4.78, 5) is 16.7. The van der Waals surface area contributed by atoms with Crippen LogP contribution in [0.3, 0.4) is 0 Å². The Morgan fingerprint density at radius 1 is 0.882 bits per heavy atom. The Labute approximate surface area is 316 Å². The molecule has 5 heteroatoms. The van der Waals surface area contributed by atoms with Gasteiger partial charge in [-0.1, -0.05) is 101 Å². The van der Waals surface area contributed by atoms with Crippen LogP contribution in [-0.2, 0) is 24.9 Å². The molecule has 0 atom stereocenters. The molecule has 267 valence electrons. The number of carbonyl (C=O) groups is 1. The summed E-state index contributed by atoms with van der Waals surface area (Å²) < 4.78 is 2.51. The third-order valence-corrected chi connectivity index (χ3v) is 11.8. The number of fused-ring (bicyclic) bond motifs is 7. The van der Waals surface area contributed by atoms with Crippen molar-refractivity contribution in [2.24, 2.45) is 17.3 Å². The second-order valence-corrected chi connectivity index (χ2v) is 15.4. The van der Waals surface area contributed by atoms with E-state index in [1.165, 1.54) is 80.8 Å². The average Bonchev–Trinajstić information content (AvgIpc) is 3.48. The molecule has 1 N–H and O–H groups in total. The van der Waals surface area contributed by atoms with Crippen LogP contribution in [-0.4, -0.2) is 20.3 Å². The third-order valence-electron chi connectivity index (χ3n) is 11.8. The minimum atomic E-state index is 0. The van der Waals surface area contributed by atoms with Gasteiger partial charge in [0, 0.05) is 71.5 Å². The van der Waals surface area contributed by atoms with Gasteiger partial charge in [-0.3, -0.25) is 9.78 Å². The number of hydrogen-bond acceptors (Lipinski definition) is 3. The molecule has 0 saturated heterocycles. The number of aliphatic hydroxyl groups excluding tert-OH is 1. The van der Waals surface area contributed by atoms with Crippen molar-refractivity contribution in [2.45, 2.75) is 98.8 Å². The standard InChI is InChI=1S/C33H27N2.C13H24O2.Ir/c1-33(2)14-11-20(12-15-33)25-18-23-13-16-34-31-26-17-21-7-3-4-8-22(21)19-28(26)35-27-10-6-5-9-24(27)30(25)32(35)29(23)31;1-5-10(6-2)12(14)9-13(15)11(7-3)8-4;/h3-10,13,16,18-20H,11-12,14-15H2,1-2H3;9-11,14H,5-8H2,1-4H3;/q-1;;/b;12-9-;. The second-order valence-electron chi connectivity index (χ2n) is 15.4. The van der Waals surface area contributed by atoms with Crippen molar-refractivity contribution in [3.63, 3.8) is 0 Å². The first-order valence-corrected chi connectivity index (χ1v) is 18.9. The van der Waals surface area contributed by atoms with Crippen molar-refractivity contribution in [3.8, 4) is 0 Å². The molecule has 1 aliphatic carbocycles. The zero-order valence-electron chi connectivity index (χ0n) is 31.0. The number of benzene rings is 4. The topological polar surface area (TPSA) is 54.6 Å². The number of hydrogen-bond donors (Lipinski definition) is 1. The summed E-state index contributed by atoms with van der Waals surface area (Å²) in [5.74, 6) is 1.15. The van der Waals surface area contributed by atoms with E-state index in [-0.39, 0.29) is 43.5 Å². The molecule has 3 aromatic heterocycles. The van der Waals surface area contributed by atoms with Crippen LogP contribution < -0.4 is 0 Å². The molecule has 51 heavy (non-hydrogen) atoms. The monoisotopic (exact) mass is 856 g/mol. The van der Waals surface area contributed by atoms with Crippen LogP contribution in [0.4, 0.5) is 0 Å². The maximum atomic E-state index is 11.7. The fourth-order valence-corrected chi connectivity index (χ4v) is 8.62. The maximum absolute atomic E-state index is 11.7. The second kappa shape index (κ2) is 15.1. The number of carbonyl (C=O) groups excluding carboxylic acids is 1. The summed E-state index contributed by atoms with van der Waals surface area (Å²) in [5, 5.41) is 18.6. The molecule has 1 radical (unpaired) electrons. The molecule has 4 nitrogen and oxygen atoms in total. The van der Waals surface area contributed by atoms with E-state index >= 15 is 0 Å². The molecule has 4 aromatic carbocycles. The fraction of sp³-hybridized carbons (Fsp3) is 0.391. The molecule has 1 fully saturated rings. The molecular formula is C46H51IrN2O2-. The van der Waals surface area contributed by atoms with Gasteiger partial charge in [0.2, 0.25) is 0 Å². The first-order valence-electron chi connectivity index (χ1n) is 18.9. The van der Waals surface area contributed by atoms with Gasteiger partial charge < -0.3 is 9.51 Å². The molecule has 0 spiro atoms. The van der Waals surface area contributed by atoms with Crippen molar-refractivity contribution in [2.75, 3.05) is 0 Å². The molecule has 1 saturated carbocycles. The molecule has 0 bridgehead atoms. The number of rotatable bonds is 8. The van der Waals surface area contributed by atoms with Gasteiger partial charge in [-0.25, -0.2) is 0 Å². The predicted octanol–water partition coefficient (Wildman–Crippen LogP) is 12.9. The Hall–Kier alpha value is -3.79. The van der Waals surface area contributed by atoms with Crippen molar-refractivity contribution in [3.05, 3.63) is 96.4 Å². The van der Waals surface area contributed by atoms with Crippen LogP contribution >= 0.6 is 0 Å². The van der Waals surface area contributed by atoms with Crippen LogP contribution in [0, 0.1) is 23.3 Å². The van der Waals surface area contributed by atoms with E-state index < -0.39 is 0 Å². The minimum Gasteiger partial charge on any atom is -0.512 e. The van der Waals surface area contributed by atoms with Crippen molar-refractivity contribution in [1.29, 1.82) is 0 Å². The van der Waals surface area contributed by atoms with Crippen LogP contribution in [0.5, 0.6) is 0 Å². The Bertz CT molecular complexity index is 2350. The van der Waals surface area contributed by atoms with E-state index in [2.05, 4.69) is 91.0 Å². The SMILES string of the molecule is CC1(C)CCC(c2cc3ccnc4c5[c-]c6ccccc6cc5n5c6ccccc6c2c5c34)CC1.CCC(CC)C(=O)/C=C(\O)C(CC)CC.[Ir]. The smallest absolute Gasteiger partial charge is 0.162 e. The first kappa shape index (κ1) is 37.0. The number of allylic oxidation sites excluding steroid dienone is 2. The van der Waals surface area contributed by atoms with Gasteiger partial charge in [0.1, 0.15) is 0 Å². The van der Waals surface area contributed by atoms with Crippen LogP contribution in [0.1, 0.15) is 104 Å². The van der Waals surface area contributed by atoms with Gasteiger partial charge in [0.05, 0.1) is 5.76 Å². The van der Waals surface area contributed by atoms with Crippen molar-refractivity contribution >= 4 is 65.6 Å². The van der Waals surface area contributed by atoms with E-state index in [0.29, 0.717) is 11.3 Å². The predicted molar refractivity (Wildman–Crippen MR) is 212 cm³/mol. The van der Waals surface area contributed by atoms with E-state index in [1.807, 2.05) is 33.9 Å². The quantitative estimate of drug-likeness (QED) is 0.0545. The van der Waals surface area contributed by atoms with Crippen LogP contribution in [0.25, 0.3) is 59.8 Å². The van der Waals surface area contributed by atoms with Gasteiger partial charge in [-0.2, -0.15) is 0 Å². The van der Waals surface area contributed by atoms with E-state index in [9.17, 15) is 9.90 Å². The molecule has 3 heterocycles. The van der Waals surface area contributed by atoms with Crippen molar-refractivity contribution in [1.82, 2.24) is 9.38 Å². The summed E-state index contributed by atoms with van der Waals surface area (Å²) in [7, 11) is 0. The Kier molecular flexibility index (Phi) is 10.9. The molecule has 7 aromatic rings. The summed E-state index contributed by atoms with van der Waals surface area (Å²) >= 11 is 0. The minimum absolute atomic E-state index is 0. The summed E-state index contributed by atoms with van der Waals surface area (Å²) in [6.45, 7) is 12.9. The number of nitrogens with zero attached hydrogens (tertiary/aromatic N) is 2. The maximum Gasteiger partial charge on any atom is 0.162 e. The van der Waals surface area contributed by atoms with Crippen molar-refractivity contribution < 1.29 is 30.0 Å². The Morgan fingerprint density at radius 3 is 2.25 bits per heavy atom. The zero-order valence-corrected chi connectivity index (χ0v) is 33.4. The van der Waals surface area contributed by atoms with Crippen LogP contribution in [0.2, 0.25) is 0 Å². The Morgan fingerprint density at radius 2 is 1.55 bits per heavy atom. The Balaban J connectivity index is 0.000000241. The van der Waals surface area contributed by atoms with Crippen LogP contribution in [0.15, 0.2) is 84.8 Å². The fourth-order valence-electron chi connectivity index (χ4n) is 8.62. The van der Waals surface area contributed by atoms with Gasteiger partial charge >= 0.3 is 0 Å². The number of pyridine rings is 2. The molecule has 0 amide bonds. The number of aliphatic hydroxyl groups is 1. The number of para-hydroxylation sites is 1. The summed E-state index contributed by atoms with van der Waals surface area (Å²) in [6.07, 6.45) is 12.0. The van der Waals surface area contributed by atoms with E-state index in [4.69, 9.17) is 4.98 Å².